The lowest BCUT2D eigenvalue weighted by Crippen LogP contribution is -2.26. The molecule has 3 rings (SSSR count). The Morgan fingerprint density at radius 3 is 2.44 bits per heavy atom. The molecule has 2 heterocycles. The summed E-state index contributed by atoms with van der Waals surface area (Å²) in [5.74, 6) is -0.0551. The summed E-state index contributed by atoms with van der Waals surface area (Å²) in [4.78, 5) is 22.2. The van der Waals surface area contributed by atoms with Crippen LogP contribution in [-0.4, -0.2) is 22.9 Å². The zero-order valence-corrected chi connectivity index (χ0v) is 14.3. The molecule has 2 aromatic heterocycles. The molecule has 0 saturated carbocycles. The summed E-state index contributed by atoms with van der Waals surface area (Å²) in [6.07, 6.45) is 5.04. The highest BCUT2D eigenvalue weighted by Crippen LogP contribution is 2.17. The molecule has 0 aliphatic heterocycles. The minimum atomic E-state index is -0.0551. The molecule has 25 heavy (non-hydrogen) atoms. The molecule has 1 N–H and O–H groups in total. The van der Waals surface area contributed by atoms with Crippen LogP contribution in [0.1, 0.15) is 21.6 Å². The van der Waals surface area contributed by atoms with Crippen molar-refractivity contribution in [3.8, 4) is 0 Å². The van der Waals surface area contributed by atoms with Gasteiger partial charge in [0.1, 0.15) is 0 Å². The standard InChI is InChI=1S/C20H20N4O/c1-15-13-18(9-12-22-15)23-14-16-3-5-19(6-4-16)24(2)20(25)17-7-10-21-11-8-17/h3-13H,14H2,1-2H3,(H,22,23). The molecule has 126 valence electrons. The second-order valence-electron chi connectivity index (χ2n) is 5.81. The van der Waals surface area contributed by atoms with E-state index >= 15 is 0 Å². The number of nitrogens with one attached hydrogen (secondary N) is 1. The quantitative estimate of drug-likeness (QED) is 0.774. The molecule has 0 aliphatic carbocycles. The first kappa shape index (κ1) is 16.6. The van der Waals surface area contributed by atoms with E-state index in [-0.39, 0.29) is 5.91 Å². The lowest BCUT2D eigenvalue weighted by Gasteiger charge is -2.18. The van der Waals surface area contributed by atoms with Crippen LogP contribution in [0.4, 0.5) is 11.4 Å². The summed E-state index contributed by atoms with van der Waals surface area (Å²) in [6, 6.07) is 15.3. The predicted molar refractivity (Wildman–Crippen MR) is 99.7 cm³/mol. The van der Waals surface area contributed by atoms with Crippen molar-refractivity contribution in [2.75, 3.05) is 17.3 Å². The number of anilines is 2. The third-order valence-corrected chi connectivity index (χ3v) is 3.95. The molecule has 0 unspecified atom stereocenters. The van der Waals surface area contributed by atoms with Crippen LogP contribution in [0.5, 0.6) is 0 Å². The molecule has 0 atom stereocenters. The monoisotopic (exact) mass is 332 g/mol. The Bertz CT molecular complexity index is 847. The fourth-order valence-electron chi connectivity index (χ4n) is 2.50. The molecule has 0 spiro atoms. The number of amides is 1. The first-order valence-corrected chi connectivity index (χ1v) is 8.07. The molecule has 0 fully saturated rings. The van der Waals surface area contributed by atoms with E-state index in [9.17, 15) is 4.79 Å². The zero-order valence-electron chi connectivity index (χ0n) is 14.3. The SMILES string of the molecule is Cc1cc(NCc2ccc(N(C)C(=O)c3ccncc3)cc2)ccn1. The Balaban J connectivity index is 1.64. The zero-order chi connectivity index (χ0) is 17.6. The number of aromatic nitrogens is 2. The topological polar surface area (TPSA) is 58.1 Å². The van der Waals surface area contributed by atoms with Crippen molar-refractivity contribution in [2.24, 2.45) is 0 Å². The Morgan fingerprint density at radius 1 is 1.04 bits per heavy atom. The molecular formula is C20H20N4O. The molecule has 1 amide bonds. The van der Waals surface area contributed by atoms with Crippen molar-refractivity contribution in [2.45, 2.75) is 13.5 Å². The fraction of sp³-hybridized carbons (Fsp3) is 0.150. The molecule has 5 heteroatoms. The van der Waals surface area contributed by atoms with Gasteiger partial charge in [0, 0.05) is 54.8 Å². The van der Waals surface area contributed by atoms with E-state index in [1.165, 1.54) is 0 Å². The highest BCUT2D eigenvalue weighted by atomic mass is 16.2. The molecule has 0 saturated heterocycles. The fourth-order valence-corrected chi connectivity index (χ4v) is 2.50. The minimum Gasteiger partial charge on any atom is -0.381 e. The lowest BCUT2D eigenvalue weighted by atomic mass is 10.1. The van der Waals surface area contributed by atoms with Gasteiger partial charge >= 0.3 is 0 Å². The predicted octanol–water partition coefficient (Wildman–Crippen LogP) is 3.67. The largest absolute Gasteiger partial charge is 0.381 e. The van der Waals surface area contributed by atoms with Gasteiger partial charge in [-0.1, -0.05) is 12.1 Å². The van der Waals surface area contributed by atoms with Crippen molar-refractivity contribution in [3.05, 3.63) is 83.9 Å². The van der Waals surface area contributed by atoms with E-state index in [1.54, 1.807) is 42.7 Å². The number of pyridine rings is 2. The van der Waals surface area contributed by atoms with Gasteiger partial charge in [-0.15, -0.1) is 0 Å². The van der Waals surface area contributed by atoms with E-state index in [2.05, 4.69) is 15.3 Å². The Kier molecular flexibility index (Phi) is 5.04. The summed E-state index contributed by atoms with van der Waals surface area (Å²) >= 11 is 0. The van der Waals surface area contributed by atoms with Crippen molar-refractivity contribution < 1.29 is 4.79 Å². The van der Waals surface area contributed by atoms with Crippen LogP contribution in [-0.2, 0) is 6.54 Å². The summed E-state index contributed by atoms with van der Waals surface area (Å²) in [7, 11) is 1.77. The number of carbonyl (C=O) groups excluding carboxylic acids is 1. The van der Waals surface area contributed by atoms with Crippen LogP contribution in [0, 0.1) is 6.92 Å². The van der Waals surface area contributed by atoms with E-state index in [0.29, 0.717) is 12.1 Å². The van der Waals surface area contributed by atoms with Gasteiger partial charge in [0.2, 0.25) is 0 Å². The average Bonchev–Trinajstić information content (AvgIpc) is 2.66. The van der Waals surface area contributed by atoms with Crippen molar-refractivity contribution in [1.82, 2.24) is 9.97 Å². The minimum absolute atomic E-state index is 0.0551. The van der Waals surface area contributed by atoms with E-state index in [1.807, 2.05) is 43.3 Å². The molecule has 1 aromatic carbocycles. The van der Waals surface area contributed by atoms with Crippen LogP contribution < -0.4 is 10.2 Å². The van der Waals surface area contributed by atoms with Gasteiger partial charge in [-0.3, -0.25) is 14.8 Å². The van der Waals surface area contributed by atoms with E-state index < -0.39 is 0 Å². The Hall–Kier alpha value is -3.21. The van der Waals surface area contributed by atoms with Gasteiger partial charge in [-0.2, -0.15) is 0 Å². The number of nitrogens with zero attached hydrogens (tertiary/aromatic N) is 3. The molecule has 0 radical (unpaired) electrons. The number of hydrogen-bond acceptors (Lipinski definition) is 4. The van der Waals surface area contributed by atoms with Gasteiger partial charge in [0.05, 0.1) is 0 Å². The first-order chi connectivity index (χ1) is 12.1. The summed E-state index contributed by atoms with van der Waals surface area (Å²) in [5.41, 5.74) is 4.64. The molecule has 5 nitrogen and oxygen atoms in total. The Morgan fingerprint density at radius 2 is 1.76 bits per heavy atom. The summed E-state index contributed by atoms with van der Waals surface area (Å²) in [6.45, 7) is 2.68. The normalized spacial score (nSPS) is 10.3. The van der Waals surface area contributed by atoms with Crippen LogP contribution in [0.3, 0.4) is 0 Å². The maximum Gasteiger partial charge on any atom is 0.258 e. The molecule has 0 aliphatic rings. The third kappa shape index (κ3) is 4.20. The van der Waals surface area contributed by atoms with Crippen LogP contribution in [0.25, 0.3) is 0 Å². The number of benzene rings is 1. The smallest absolute Gasteiger partial charge is 0.258 e. The van der Waals surface area contributed by atoms with E-state index in [4.69, 9.17) is 0 Å². The van der Waals surface area contributed by atoms with Crippen LogP contribution in [0.15, 0.2) is 67.1 Å². The van der Waals surface area contributed by atoms with Crippen molar-refractivity contribution in [1.29, 1.82) is 0 Å². The van der Waals surface area contributed by atoms with Crippen LogP contribution >= 0.6 is 0 Å². The second kappa shape index (κ2) is 7.57. The number of carbonyl (C=O) groups is 1. The molecule has 3 aromatic rings. The summed E-state index contributed by atoms with van der Waals surface area (Å²) < 4.78 is 0. The third-order valence-electron chi connectivity index (χ3n) is 3.95. The van der Waals surface area contributed by atoms with Crippen molar-refractivity contribution in [3.63, 3.8) is 0 Å². The van der Waals surface area contributed by atoms with Crippen LogP contribution in [0.2, 0.25) is 0 Å². The average molecular weight is 332 g/mol. The second-order valence-corrected chi connectivity index (χ2v) is 5.81. The Labute approximate surface area is 147 Å². The number of aryl methyl sites for hydroxylation is 1. The summed E-state index contributed by atoms with van der Waals surface area (Å²) in [5, 5.41) is 3.37. The van der Waals surface area contributed by atoms with Gasteiger partial charge in [-0.25, -0.2) is 0 Å². The van der Waals surface area contributed by atoms with E-state index in [0.717, 1.165) is 22.6 Å². The maximum atomic E-state index is 12.5. The number of rotatable bonds is 5. The highest BCUT2D eigenvalue weighted by molar-refractivity contribution is 6.05. The number of hydrogen-bond donors (Lipinski definition) is 1. The van der Waals surface area contributed by atoms with Gasteiger partial charge < -0.3 is 10.2 Å². The maximum absolute atomic E-state index is 12.5. The molecule has 0 bridgehead atoms. The van der Waals surface area contributed by atoms with Gasteiger partial charge in [0.15, 0.2) is 0 Å². The van der Waals surface area contributed by atoms with Gasteiger partial charge in [0.25, 0.3) is 5.91 Å². The van der Waals surface area contributed by atoms with Crippen molar-refractivity contribution >= 4 is 17.3 Å². The lowest BCUT2D eigenvalue weighted by molar-refractivity contribution is 0.0993. The van der Waals surface area contributed by atoms with Gasteiger partial charge in [-0.05, 0) is 48.9 Å². The first-order valence-electron chi connectivity index (χ1n) is 8.07. The highest BCUT2D eigenvalue weighted by Gasteiger charge is 2.12. The molecular weight excluding hydrogens is 312 g/mol.